The number of hydrogen-bond acceptors (Lipinski definition) is 6. The molecule has 156 valence electrons. The van der Waals surface area contributed by atoms with E-state index in [9.17, 15) is 4.79 Å². The first kappa shape index (κ1) is 18.1. The maximum Gasteiger partial charge on any atom is 0.256 e. The summed E-state index contributed by atoms with van der Waals surface area (Å²) < 4.78 is 1.99. The van der Waals surface area contributed by atoms with Gasteiger partial charge in [-0.1, -0.05) is 12.1 Å². The van der Waals surface area contributed by atoms with Gasteiger partial charge in [-0.3, -0.25) is 4.79 Å². The van der Waals surface area contributed by atoms with Gasteiger partial charge in [-0.15, -0.1) is 0 Å². The van der Waals surface area contributed by atoms with Crippen molar-refractivity contribution in [1.82, 2.24) is 34.3 Å². The van der Waals surface area contributed by atoms with Crippen molar-refractivity contribution in [3.05, 3.63) is 67.0 Å². The number of benzene rings is 1. The molecule has 0 unspecified atom stereocenters. The van der Waals surface area contributed by atoms with Crippen molar-refractivity contribution < 1.29 is 4.79 Å². The Morgan fingerprint density at radius 1 is 0.935 bits per heavy atom. The third-order valence-corrected chi connectivity index (χ3v) is 6.48. The van der Waals surface area contributed by atoms with Crippen molar-refractivity contribution in [2.75, 3.05) is 24.5 Å². The van der Waals surface area contributed by atoms with Crippen LogP contribution in [0.15, 0.2) is 61.4 Å². The molecule has 2 aliphatic heterocycles. The average Bonchev–Trinajstić information content (AvgIpc) is 3.58. The van der Waals surface area contributed by atoms with Gasteiger partial charge in [0.25, 0.3) is 5.91 Å². The van der Waals surface area contributed by atoms with E-state index in [-0.39, 0.29) is 11.9 Å². The van der Waals surface area contributed by atoms with E-state index in [2.05, 4.69) is 25.1 Å². The predicted octanol–water partition coefficient (Wildman–Crippen LogP) is 2.05. The SMILES string of the molecule is O=C(c1ccccc1-n1nccn1)N1CC[C@H]2CCN(c3nccn4ccnc34)[C@H]2C1. The summed E-state index contributed by atoms with van der Waals surface area (Å²) in [6.07, 6.45) is 12.8. The Bertz CT molecular complexity index is 1230. The van der Waals surface area contributed by atoms with E-state index in [1.165, 1.54) is 4.80 Å². The fourth-order valence-corrected chi connectivity index (χ4v) is 4.97. The van der Waals surface area contributed by atoms with Gasteiger partial charge in [-0.05, 0) is 30.9 Å². The van der Waals surface area contributed by atoms with Gasteiger partial charge in [0.15, 0.2) is 11.5 Å². The molecule has 9 nitrogen and oxygen atoms in total. The van der Waals surface area contributed by atoms with E-state index in [0.717, 1.165) is 37.4 Å². The van der Waals surface area contributed by atoms with E-state index < -0.39 is 0 Å². The quantitative estimate of drug-likeness (QED) is 0.510. The summed E-state index contributed by atoms with van der Waals surface area (Å²) in [5.41, 5.74) is 2.18. The first-order valence-electron chi connectivity index (χ1n) is 10.6. The smallest absolute Gasteiger partial charge is 0.256 e. The third-order valence-electron chi connectivity index (χ3n) is 6.48. The van der Waals surface area contributed by atoms with Crippen LogP contribution in [0.3, 0.4) is 0 Å². The fourth-order valence-electron chi connectivity index (χ4n) is 4.97. The maximum atomic E-state index is 13.5. The Morgan fingerprint density at radius 3 is 2.58 bits per heavy atom. The first-order chi connectivity index (χ1) is 15.3. The zero-order valence-electron chi connectivity index (χ0n) is 16.9. The molecule has 0 N–H and O–H groups in total. The van der Waals surface area contributed by atoms with Crippen LogP contribution in [-0.2, 0) is 0 Å². The van der Waals surface area contributed by atoms with Gasteiger partial charge in [0, 0.05) is 44.4 Å². The Morgan fingerprint density at radius 2 is 1.71 bits per heavy atom. The Labute approximate surface area is 178 Å². The van der Waals surface area contributed by atoms with Crippen molar-refractivity contribution in [3.8, 4) is 5.69 Å². The molecule has 2 atom stereocenters. The Balaban J connectivity index is 1.30. The summed E-state index contributed by atoms with van der Waals surface area (Å²) >= 11 is 0. The van der Waals surface area contributed by atoms with E-state index in [1.54, 1.807) is 18.6 Å². The molecular formula is C22H22N8O. The number of carbonyl (C=O) groups is 1. The van der Waals surface area contributed by atoms with Gasteiger partial charge in [-0.2, -0.15) is 15.0 Å². The van der Waals surface area contributed by atoms with Crippen LogP contribution in [0.5, 0.6) is 0 Å². The number of likely N-dealkylation sites (tertiary alicyclic amines) is 1. The molecule has 5 heterocycles. The molecule has 2 fully saturated rings. The van der Waals surface area contributed by atoms with Crippen molar-refractivity contribution in [1.29, 1.82) is 0 Å². The zero-order chi connectivity index (χ0) is 20.8. The lowest BCUT2D eigenvalue weighted by Crippen LogP contribution is -2.50. The Hall–Kier alpha value is -3.75. The van der Waals surface area contributed by atoms with Gasteiger partial charge in [0.1, 0.15) is 0 Å². The summed E-state index contributed by atoms with van der Waals surface area (Å²) in [6.45, 7) is 2.37. The van der Waals surface area contributed by atoms with Crippen LogP contribution >= 0.6 is 0 Å². The molecule has 0 bridgehead atoms. The second-order valence-electron chi connectivity index (χ2n) is 8.09. The number of hydrogen-bond donors (Lipinski definition) is 0. The summed E-state index contributed by atoms with van der Waals surface area (Å²) in [7, 11) is 0. The molecule has 1 aromatic carbocycles. The van der Waals surface area contributed by atoms with Crippen LogP contribution in [-0.4, -0.2) is 65.8 Å². The highest BCUT2D eigenvalue weighted by Gasteiger charge is 2.41. The highest BCUT2D eigenvalue weighted by Crippen LogP contribution is 2.36. The minimum Gasteiger partial charge on any atom is -0.348 e. The number of nitrogens with zero attached hydrogens (tertiary/aromatic N) is 8. The van der Waals surface area contributed by atoms with Crippen LogP contribution in [0.1, 0.15) is 23.2 Å². The molecule has 4 aromatic rings. The summed E-state index contributed by atoms with van der Waals surface area (Å²) in [6, 6.07) is 7.76. The largest absolute Gasteiger partial charge is 0.348 e. The van der Waals surface area contributed by atoms with Crippen LogP contribution in [0, 0.1) is 5.92 Å². The summed E-state index contributed by atoms with van der Waals surface area (Å²) in [5, 5.41) is 8.42. The van der Waals surface area contributed by atoms with Crippen LogP contribution in [0.25, 0.3) is 11.3 Å². The number of rotatable bonds is 3. The lowest BCUT2D eigenvalue weighted by atomic mass is 9.91. The molecule has 1 amide bonds. The summed E-state index contributed by atoms with van der Waals surface area (Å²) in [4.78, 5) is 28.5. The van der Waals surface area contributed by atoms with E-state index >= 15 is 0 Å². The van der Waals surface area contributed by atoms with Crippen LogP contribution < -0.4 is 4.90 Å². The van der Waals surface area contributed by atoms with Gasteiger partial charge in [0.2, 0.25) is 0 Å². The summed E-state index contributed by atoms with van der Waals surface area (Å²) in [5.74, 6) is 1.48. The lowest BCUT2D eigenvalue weighted by Gasteiger charge is -2.39. The predicted molar refractivity (Wildman–Crippen MR) is 114 cm³/mol. The molecule has 0 saturated carbocycles. The number of piperidine rings is 1. The highest BCUT2D eigenvalue weighted by atomic mass is 16.2. The number of imidazole rings is 1. The standard InChI is InChI=1S/C22H22N8O/c31-22(17-3-1-2-4-18(17)30-25-7-8-26-30)28-11-5-16-6-12-29(19(16)15-28)21-20-23-9-13-27(20)14-10-24-21/h1-4,7-10,13-14,16,19H,5-6,11-12,15H2/t16-,19-/m0/s1. The molecule has 0 spiro atoms. The number of carbonyl (C=O) groups excluding carboxylic acids is 1. The van der Waals surface area contributed by atoms with Crippen LogP contribution in [0.2, 0.25) is 0 Å². The Kier molecular flexibility index (Phi) is 4.19. The topological polar surface area (TPSA) is 84.5 Å². The van der Waals surface area contributed by atoms with Gasteiger partial charge in [0.05, 0.1) is 29.7 Å². The second kappa shape index (κ2) is 7.19. The molecular weight excluding hydrogens is 392 g/mol. The molecule has 9 heteroatoms. The number of amides is 1. The molecule has 2 saturated heterocycles. The lowest BCUT2D eigenvalue weighted by molar-refractivity contribution is 0.0678. The minimum absolute atomic E-state index is 0.0187. The molecule has 6 rings (SSSR count). The number of aromatic nitrogens is 6. The van der Waals surface area contributed by atoms with E-state index in [1.807, 2.05) is 52.2 Å². The van der Waals surface area contributed by atoms with Crippen LogP contribution in [0.4, 0.5) is 5.82 Å². The number of fused-ring (bicyclic) bond motifs is 2. The molecule has 0 radical (unpaired) electrons. The van der Waals surface area contributed by atoms with E-state index in [4.69, 9.17) is 0 Å². The minimum atomic E-state index is 0.0187. The maximum absolute atomic E-state index is 13.5. The van der Waals surface area contributed by atoms with E-state index in [0.29, 0.717) is 23.7 Å². The third kappa shape index (κ3) is 2.96. The van der Waals surface area contributed by atoms with Gasteiger partial charge in [-0.25, -0.2) is 9.97 Å². The normalized spacial score (nSPS) is 20.9. The van der Waals surface area contributed by atoms with Crippen molar-refractivity contribution in [2.24, 2.45) is 5.92 Å². The average molecular weight is 414 g/mol. The molecule has 2 aliphatic rings. The monoisotopic (exact) mass is 414 g/mol. The highest BCUT2D eigenvalue weighted by molar-refractivity contribution is 5.97. The van der Waals surface area contributed by atoms with Gasteiger partial charge < -0.3 is 14.2 Å². The zero-order valence-corrected chi connectivity index (χ0v) is 16.9. The fraction of sp³-hybridized carbons (Fsp3) is 0.318. The molecule has 31 heavy (non-hydrogen) atoms. The number of para-hydroxylation sites is 1. The van der Waals surface area contributed by atoms with Crippen molar-refractivity contribution in [2.45, 2.75) is 18.9 Å². The number of anilines is 1. The molecule has 0 aliphatic carbocycles. The van der Waals surface area contributed by atoms with Crippen molar-refractivity contribution >= 4 is 17.4 Å². The van der Waals surface area contributed by atoms with Crippen molar-refractivity contribution in [3.63, 3.8) is 0 Å². The molecule has 3 aromatic heterocycles. The van der Waals surface area contributed by atoms with Gasteiger partial charge >= 0.3 is 0 Å². The second-order valence-corrected chi connectivity index (χ2v) is 8.09. The first-order valence-corrected chi connectivity index (χ1v) is 10.6.